The molecule has 1 heterocycles. The van der Waals surface area contributed by atoms with Crippen LogP contribution in [0.2, 0.25) is 0 Å². The second kappa shape index (κ2) is 8.03. The number of aliphatic hydroxyl groups excluding tert-OH is 1. The fourth-order valence-corrected chi connectivity index (χ4v) is 2.74. The minimum absolute atomic E-state index is 0.0833. The number of H-pyrrole nitrogens is 1. The van der Waals surface area contributed by atoms with Crippen LogP contribution in [-0.2, 0) is 6.42 Å². The maximum atomic E-state index is 11.3. The van der Waals surface area contributed by atoms with Crippen LogP contribution in [0.5, 0.6) is 11.5 Å². The zero-order chi connectivity index (χ0) is 18.5. The molecule has 0 fully saturated rings. The van der Waals surface area contributed by atoms with Crippen molar-refractivity contribution in [3.63, 3.8) is 0 Å². The number of aromatic nitrogens is 1. The van der Waals surface area contributed by atoms with Crippen molar-refractivity contribution in [3.8, 4) is 11.5 Å². The maximum absolute atomic E-state index is 11.3. The summed E-state index contributed by atoms with van der Waals surface area (Å²) in [6.07, 6.45) is -0.298. The van der Waals surface area contributed by atoms with Gasteiger partial charge in [0.05, 0.1) is 7.11 Å². The summed E-state index contributed by atoms with van der Waals surface area (Å²) < 4.78 is 10.9. The molecule has 3 aromatic rings. The van der Waals surface area contributed by atoms with Gasteiger partial charge in [0, 0.05) is 23.0 Å². The molecule has 2 unspecified atom stereocenters. The Balaban J connectivity index is 1.59. The molecule has 1 aromatic heterocycles. The summed E-state index contributed by atoms with van der Waals surface area (Å²) in [5.74, 6) is 1.37. The molecular weight excluding hydrogens is 332 g/mol. The molecule has 0 aliphatic carbocycles. The number of aromatic amines is 1. The van der Waals surface area contributed by atoms with E-state index >= 15 is 0 Å². The van der Waals surface area contributed by atoms with Crippen molar-refractivity contribution in [1.29, 1.82) is 0 Å². The number of hydrogen-bond acceptors (Lipinski definition) is 5. The number of nitrogens with one attached hydrogen (secondary N) is 1. The first-order valence-corrected chi connectivity index (χ1v) is 8.37. The van der Waals surface area contributed by atoms with Gasteiger partial charge in [-0.1, -0.05) is 12.1 Å². The highest BCUT2D eigenvalue weighted by Crippen LogP contribution is 2.19. The third kappa shape index (κ3) is 4.41. The van der Waals surface area contributed by atoms with Gasteiger partial charge in [0.25, 0.3) is 0 Å². The first-order valence-electron chi connectivity index (χ1n) is 8.37. The van der Waals surface area contributed by atoms with E-state index in [1.807, 2.05) is 30.3 Å². The Morgan fingerprint density at radius 2 is 1.96 bits per heavy atom. The van der Waals surface area contributed by atoms with E-state index in [0.717, 1.165) is 22.2 Å². The summed E-state index contributed by atoms with van der Waals surface area (Å²) in [6.45, 7) is 0.0833. The Kier molecular flexibility index (Phi) is 5.55. The molecule has 0 aliphatic heterocycles. The van der Waals surface area contributed by atoms with E-state index in [2.05, 4.69) is 4.98 Å². The summed E-state index contributed by atoms with van der Waals surface area (Å²) in [5, 5.41) is 11.1. The second-order valence-electron chi connectivity index (χ2n) is 6.17. The number of aliphatic hydroxyl groups is 1. The van der Waals surface area contributed by atoms with E-state index in [-0.39, 0.29) is 12.2 Å². The van der Waals surface area contributed by atoms with Gasteiger partial charge < -0.3 is 25.3 Å². The van der Waals surface area contributed by atoms with Crippen molar-refractivity contribution in [2.45, 2.75) is 18.6 Å². The van der Waals surface area contributed by atoms with Gasteiger partial charge >= 0.3 is 0 Å². The first kappa shape index (κ1) is 18.0. The molecule has 0 amide bonds. The smallest absolute Gasteiger partial charge is 0.248 e. The lowest BCUT2D eigenvalue weighted by molar-refractivity contribution is 0.0852. The zero-order valence-electron chi connectivity index (χ0n) is 14.5. The van der Waals surface area contributed by atoms with Gasteiger partial charge in [0.2, 0.25) is 5.56 Å². The van der Waals surface area contributed by atoms with E-state index in [4.69, 9.17) is 15.2 Å². The number of methoxy groups -OCH3 is 1. The molecule has 0 aliphatic rings. The van der Waals surface area contributed by atoms with Gasteiger partial charge in [-0.3, -0.25) is 4.79 Å². The Labute approximate surface area is 151 Å². The van der Waals surface area contributed by atoms with E-state index in [0.29, 0.717) is 12.2 Å². The number of pyridine rings is 1. The normalized spacial score (nSPS) is 13.3. The Bertz CT molecular complexity index is 938. The summed E-state index contributed by atoms with van der Waals surface area (Å²) >= 11 is 0. The monoisotopic (exact) mass is 354 g/mol. The van der Waals surface area contributed by atoms with E-state index < -0.39 is 12.1 Å². The van der Waals surface area contributed by atoms with Crippen LogP contribution in [0, 0.1) is 0 Å². The Morgan fingerprint density at radius 3 is 2.77 bits per heavy atom. The highest BCUT2D eigenvalue weighted by Gasteiger charge is 2.16. The van der Waals surface area contributed by atoms with E-state index in [9.17, 15) is 9.90 Å². The van der Waals surface area contributed by atoms with Gasteiger partial charge in [0.15, 0.2) is 0 Å². The van der Waals surface area contributed by atoms with Crippen LogP contribution in [0.4, 0.5) is 0 Å². The zero-order valence-corrected chi connectivity index (χ0v) is 14.5. The Hall–Kier alpha value is -2.83. The molecular formula is C20H22N2O4. The van der Waals surface area contributed by atoms with Crippen LogP contribution >= 0.6 is 0 Å². The fourth-order valence-electron chi connectivity index (χ4n) is 2.74. The lowest BCUT2D eigenvalue weighted by atomic mass is 10.0. The van der Waals surface area contributed by atoms with Crippen LogP contribution in [0.1, 0.15) is 5.56 Å². The molecule has 136 valence electrons. The van der Waals surface area contributed by atoms with Crippen LogP contribution < -0.4 is 20.8 Å². The quantitative estimate of drug-likeness (QED) is 0.601. The molecule has 4 N–H and O–H groups in total. The fraction of sp³-hybridized carbons (Fsp3) is 0.250. The van der Waals surface area contributed by atoms with Crippen molar-refractivity contribution in [3.05, 3.63) is 70.5 Å². The van der Waals surface area contributed by atoms with Crippen molar-refractivity contribution in [2.24, 2.45) is 5.73 Å². The van der Waals surface area contributed by atoms with Crippen LogP contribution in [0.25, 0.3) is 10.9 Å². The molecule has 0 bridgehead atoms. The summed E-state index contributed by atoms with van der Waals surface area (Å²) in [7, 11) is 1.61. The van der Waals surface area contributed by atoms with Crippen molar-refractivity contribution < 1.29 is 14.6 Å². The molecule has 6 heteroatoms. The molecule has 3 rings (SSSR count). The predicted molar refractivity (Wildman–Crippen MR) is 101 cm³/mol. The lowest BCUT2D eigenvalue weighted by Gasteiger charge is -2.19. The number of fused-ring (bicyclic) bond motifs is 1. The molecule has 0 saturated carbocycles. The second-order valence-corrected chi connectivity index (χ2v) is 6.17. The molecule has 0 spiro atoms. The van der Waals surface area contributed by atoms with E-state index in [1.165, 1.54) is 6.07 Å². The number of benzene rings is 2. The van der Waals surface area contributed by atoms with Crippen LogP contribution in [-0.4, -0.2) is 36.0 Å². The van der Waals surface area contributed by atoms with Gasteiger partial charge in [0.1, 0.15) is 24.2 Å². The van der Waals surface area contributed by atoms with Gasteiger partial charge in [-0.05, 0) is 48.4 Å². The summed E-state index contributed by atoms with van der Waals surface area (Å²) in [6, 6.07) is 15.7. The standard InChI is InChI=1S/C20H22N2O4/c1-25-15-4-2-3-13(9-15)10-17(21)19(23)12-26-16-6-7-18-14(11-16)5-8-20(24)22-18/h2-9,11,17,19,23H,10,12,21H2,1H3,(H,22,24). The SMILES string of the molecule is COc1cccc(CC(N)C(O)COc2ccc3[nH]c(=O)ccc3c2)c1. The third-order valence-electron chi connectivity index (χ3n) is 4.22. The summed E-state index contributed by atoms with van der Waals surface area (Å²) in [4.78, 5) is 14.1. The molecule has 0 saturated heterocycles. The van der Waals surface area contributed by atoms with Crippen molar-refractivity contribution >= 4 is 10.9 Å². The molecule has 6 nitrogen and oxygen atoms in total. The number of hydrogen-bond donors (Lipinski definition) is 3. The van der Waals surface area contributed by atoms with Gasteiger partial charge in [-0.15, -0.1) is 0 Å². The first-order chi connectivity index (χ1) is 12.5. The van der Waals surface area contributed by atoms with Gasteiger partial charge in [-0.2, -0.15) is 0 Å². The molecule has 26 heavy (non-hydrogen) atoms. The molecule has 2 aromatic carbocycles. The predicted octanol–water partition coefficient (Wildman–Crippen LogP) is 1.85. The lowest BCUT2D eigenvalue weighted by Crippen LogP contribution is -2.40. The molecule has 0 radical (unpaired) electrons. The number of nitrogens with two attached hydrogens (primary N) is 1. The minimum atomic E-state index is -0.813. The van der Waals surface area contributed by atoms with Gasteiger partial charge in [-0.25, -0.2) is 0 Å². The largest absolute Gasteiger partial charge is 0.497 e. The van der Waals surface area contributed by atoms with Crippen LogP contribution in [0.3, 0.4) is 0 Å². The Morgan fingerprint density at radius 1 is 1.12 bits per heavy atom. The average molecular weight is 354 g/mol. The maximum Gasteiger partial charge on any atom is 0.248 e. The van der Waals surface area contributed by atoms with Crippen molar-refractivity contribution in [1.82, 2.24) is 4.98 Å². The van der Waals surface area contributed by atoms with Crippen molar-refractivity contribution in [2.75, 3.05) is 13.7 Å². The summed E-state index contributed by atoms with van der Waals surface area (Å²) in [5.41, 5.74) is 7.68. The van der Waals surface area contributed by atoms with Crippen LogP contribution in [0.15, 0.2) is 59.4 Å². The minimum Gasteiger partial charge on any atom is -0.497 e. The average Bonchev–Trinajstić information content (AvgIpc) is 2.66. The highest BCUT2D eigenvalue weighted by molar-refractivity contribution is 5.79. The number of ether oxygens (including phenoxy) is 2. The van der Waals surface area contributed by atoms with E-state index in [1.54, 1.807) is 25.3 Å². The topological polar surface area (TPSA) is 97.6 Å². The third-order valence-corrected chi connectivity index (χ3v) is 4.22. The molecule has 2 atom stereocenters. The number of rotatable bonds is 7. The highest BCUT2D eigenvalue weighted by atomic mass is 16.5.